The largest absolute Gasteiger partial charge is 0.504 e. The fraction of sp³-hybridized carbons (Fsp3) is 0.257. The Bertz CT molecular complexity index is 2430. The second-order valence-corrected chi connectivity index (χ2v) is 12.0. The number of likely N-dealkylation sites (tertiary alicyclic amines) is 1. The Morgan fingerprint density at radius 3 is 2.04 bits per heavy atom. The number of amides is 1. The van der Waals surface area contributed by atoms with E-state index in [9.17, 15) is 54.3 Å². The van der Waals surface area contributed by atoms with E-state index in [-0.39, 0.29) is 23.3 Å². The van der Waals surface area contributed by atoms with E-state index in [0.717, 1.165) is 70.7 Å². The molecule has 1 saturated heterocycles. The third-order valence-corrected chi connectivity index (χ3v) is 8.83. The third kappa shape index (κ3) is 5.46. The summed E-state index contributed by atoms with van der Waals surface area (Å²) in [5.41, 5.74) is -6.63. The number of carboxylic acids is 1. The van der Waals surface area contributed by atoms with Crippen molar-refractivity contribution in [3.05, 3.63) is 67.2 Å². The highest BCUT2D eigenvalue weighted by Crippen LogP contribution is 2.40. The van der Waals surface area contributed by atoms with Crippen molar-refractivity contribution in [2.45, 2.75) is 33.1 Å². The number of phenolic OH excluding ortho intramolecular Hbond substituents is 3. The Labute approximate surface area is 280 Å². The lowest BCUT2D eigenvalue weighted by molar-refractivity contribution is 0.0694. The fourth-order valence-corrected chi connectivity index (χ4v) is 6.48. The van der Waals surface area contributed by atoms with Crippen LogP contribution in [0, 0.1) is 0 Å². The minimum absolute atomic E-state index is 0.151. The van der Waals surface area contributed by atoms with Gasteiger partial charge >= 0.3 is 5.97 Å². The number of rotatable bonds is 8. The molecule has 0 unspecified atom stereocenters. The number of nitrogens with one attached hydrogen (secondary N) is 1. The molecule has 0 radical (unpaired) electrons. The maximum absolute atomic E-state index is 14.3. The van der Waals surface area contributed by atoms with Crippen LogP contribution in [0.15, 0.2) is 42.9 Å². The van der Waals surface area contributed by atoms with Crippen LogP contribution in [0.1, 0.15) is 74.5 Å². The van der Waals surface area contributed by atoms with Gasteiger partial charge in [-0.2, -0.15) is 0 Å². The van der Waals surface area contributed by atoms with Crippen LogP contribution < -0.4 is 16.2 Å². The molecule has 3 heterocycles. The van der Waals surface area contributed by atoms with Crippen molar-refractivity contribution in [2.75, 3.05) is 26.2 Å². The molecule has 5 aromatic rings. The molecule has 0 spiro atoms. The predicted octanol–water partition coefficient (Wildman–Crippen LogP) is 3.86. The number of Topliss-reactive ketones (excluding diaryl/α,β-unsaturated/α-hetero) is 2. The number of benzene rings is 3. The molecular formula is C35H30N2O13. The molecule has 1 aliphatic rings. The number of carbonyl (C=O) groups excluding carboxylic acids is 3. The van der Waals surface area contributed by atoms with Crippen LogP contribution in [0.2, 0.25) is 0 Å². The quantitative estimate of drug-likeness (QED) is 0.0771. The number of nitrogens with zero attached hydrogens (tertiary/aromatic N) is 1. The van der Waals surface area contributed by atoms with Crippen LogP contribution >= 0.6 is 0 Å². The molecule has 0 saturated carbocycles. The summed E-state index contributed by atoms with van der Waals surface area (Å²) in [7, 11) is 0. The second kappa shape index (κ2) is 12.7. The molecule has 0 atom stereocenters. The van der Waals surface area contributed by atoms with Gasteiger partial charge in [-0.05, 0) is 45.8 Å². The van der Waals surface area contributed by atoms with Crippen LogP contribution in [-0.4, -0.2) is 80.1 Å². The number of carbonyl (C=O) groups is 4. The van der Waals surface area contributed by atoms with Crippen molar-refractivity contribution >= 4 is 56.4 Å². The molecule has 3 aromatic carbocycles. The highest BCUT2D eigenvalue weighted by Gasteiger charge is 2.31. The molecule has 50 heavy (non-hydrogen) atoms. The predicted molar refractivity (Wildman–Crippen MR) is 178 cm³/mol. The summed E-state index contributed by atoms with van der Waals surface area (Å²) >= 11 is 0. The molecule has 6 N–H and O–H groups in total. The maximum Gasteiger partial charge on any atom is 0.340 e. The lowest BCUT2D eigenvalue weighted by Gasteiger charge is -2.26. The Morgan fingerprint density at radius 1 is 0.800 bits per heavy atom. The Kier molecular flexibility index (Phi) is 8.53. The standard InChI is InChI=1S/C35H30N2O13/c1-14(38)16-10-17-29(42)26-22(12-20(41)32(45)28(26)35(47)48)50-33(17)23(15(2)39)24(16)18-13-49-21-11-19(40)31(44)27(25(21)30(18)43)34(46)36-6-9-37-7-4-3-5-8-37/h10-13,40-41,44-45H,3-9H2,1-2H3,(H,36,46)(H,47,48). The van der Waals surface area contributed by atoms with Crippen LogP contribution in [0.3, 0.4) is 0 Å². The summed E-state index contributed by atoms with van der Waals surface area (Å²) in [6.07, 6.45) is 4.03. The van der Waals surface area contributed by atoms with Gasteiger partial charge in [-0.15, -0.1) is 0 Å². The van der Waals surface area contributed by atoms with E-state index in [2.05, 4.69) is 10.2 Å². The van der Waals surface area contributed by atoms with Gasteiger partial charge in [-0.1, -0.05) is 6.42 Å². The van der Waals surface area contributed by atoms with Crippen LogP contribution in [0.5, 0.6) is 23.0 Å². The maximum atomic E-state index is 14.3. The number of phenols is 4. The van der Waals surface area contributed by atoms with Crippen LogP contribution in [0.25, 0.3) is 44.0 Å². The van der Waals surface area contributed by atoms with E-state index in [0.29, 0.717) is 6.54 Å². The Morgan fingerprint density at radius 2 is 1.42 bits per heavy atom. The molecule has 2 aromatic heterocycles. The average molecular weight is 687 g/mol. The van der Waals surface area contributed by atoms with Crippen molar-refractivity contribution in [1.82, 2.24) is 10.2 Å². The van der Waals surface area contributed by atoms with E-state index in [1.807, 2.05) is 0 Å². The van der Waals surface area contributed by atoms with Gasteiger partial charge in [0.2, 0.25) is 10.9 Å². The van der Waals surface area contributed by atoms with E-state index < -0.39 is 107 Å². The molecule has 1 amide bonds. The third-order valence-electron chi connectivity index (χ3n) is 8.83. The fourth-order valence-electron chi connectivity index (χ4n) is 6.48. The lowest BCUT2D eigenvalue weighted by Crippen LogP contribution is -2.37. The first-order valence-corrected chi connectivity index (χ1v) is 15.5. The number of hydrogen-bond donors (Lipinski definition) is 6. The lowest BCUT2D eigenvalue weighted by atomic mass is 9.88. The van der Waals surface area contributed by atoms with Crippen LogP contribution in [0.4, 0.5) is 0 Å². The molecule has 0 bridgehead atoms. The van der Waals surface area contributed by atoms with Crippen molar-refractivity contribution in [2.24, 2.45) is 0 Å². The minimum Gasteiger partial charge on any atom is -0.504 e. The number of aromatic hydroxyl groups is 4. The first-order chi connectivity index (χ1) is 23.7. The van der Waals surface area contributed by atoms with Gasteiger partial charge in [0.15, 0.2) is 34.6 Å². The number of piperidine rings is 1. The molecule has 15 heteroatoms. The van der Waals surface area contributed by atoms with Gasteiger partial charge in [0, 0.05) is 36.3 Å². The van der Waals surface area contributed by atoms with Gasteiger partial charge in [-0.25, -0.2) is 4.79 Å². The zero-order valence-electron chi connectivity index (χ0n) is 26.7. The zero-order chi connectivity index (χ0) is 36.2. The van der Waals surface area contributed by atoms with E-state index >= 15 is 0 Å². The molecule has 6 rings (SSSR count). The topological polar surface area (TPSA) is 245 Å². The summed E-state index contributed by atoms with van der Waals surface area (Å²) in [5.74, 6) is -7.97. The molecule has 0 aliphatic carbocycles. The van der Waals surface area contributed by atoms with Crippen molar-refractivity contribution in [1.29, 1.82) is 0 Å². The van der Waals surface area contributed by atoms with Crippen LogP contribution in [-0.2, 0) is 0 Å². The van der Waals surface area contributed by atoms with E-state index in [1.54, 1.807) is 0 Å². The minimum atomic E-state index is -1.78. The number of ketones is 2. The molecule has 1 aliphatic heterocycles. The van der Waals surface area contributed by atoms with Crippen molar-refractivity contribution < 1.29 is 53.5 Å². The Balaban J connectivity index is 1.63. The summed E-state index contributed by atoms with van der Waals surface area (Å²) < 4.78 is 11.5. The second-order valence-electron chi connectivity index (χ2n) is 12.0. The Hall–Kier alpha value is -6.22. The smallest absolute Gasteiger partial charge is 0.340 e. The number of aromatic carboxylic acids is 1. The average Bonchev–Trinajstić information content (AvgIpc) is 3.06. The van der Waals surface area contributed by atoms with Crippen molar-refractivity contribution in [3.63, 3.8) is 0 Å². The first-order valence-electron chi connectivity index (χ1n) is 15.5. The summed E-state index contributed by atoms with van der Waals surface area (Å²) in [6.45, 7) is 4.49. The summed E-state index contributed by atoms with van der Waals surface area (Å²) in [6, 6.07) is 2.69. The van der Waals surface area contributed by atoms with E-state index in [4.69, 9.17) is 8.83 Å². The molecule has 1 fully saturated rings. The number of carboxylic acid groups (broad SMARTS) is 1. The van der Waals surface area contributed by atoms with Gasteiger partial charge < -0.3 is 44.6 Å². The van der Waals surface area contributed by atoms with Crippen molar-refractivity contribution in [3.8, 4) is 34.1 Å². The highest BCUT2D eigenvalue weighted by atomic mass is 16.4. The molecule has 15 nitrogen and oxygen atoms in total. The zero-order valence-corrected chi connectivity index (χ0v) is 26.7. The van der Waals surface area contributed by atoms with E-state index in [1.165, 1.54) is 0 Å². The SMILES string of the molecule is CC(=O)c1cc2c(=O)c3c(C(=O)O)c(O)c(O)cc3oc2c(C(C)=O)c1-c1coc2cc(O)c(O)c(C(=O)NCCN3CCCCC3)c2c1=O. The highest BCUT2D eigenvalue weighted by molar-refractivity contribution is 6.19. The number of hydrogen-bond acceptors (Lipinski definition) is 13. The summed E-state index contributed by atoms with van der Waals surface area (Å²) in [5, 5.41) is 52.4. The monoisotopic (exact) mass is 686 g/mol. The molecule has 258 valence electrons. The van der Waals surface area contributed by atoms with Gasteiger partial charge in [0.05, 0.1) is 32.8 Å². The summed E-state index contributed by atoms with van der Waals surface area (Å²) in [4.78, 5) is 82.2. The van der Waals surface area contributed by atoms with Gasteiger partial charge in [0.1, 0.15) is 28.6 Å². The van der Waals surface area contributed by atoms with Gasteiger partial charge in [0.25, 0.3) is 5.91 Å². The number of fused-ring (bicyclic) bond motifs is 3. The first kappa shape index (κ1) is 33.7. The van der Waals surface area contributed by atoms with Gasteiger partial charge in [-0.3, -0.25) is 24.0 Å². The normalized spacial score (nSPS) is 13.6. The molecular weight excluding hydrogens is 656 g/mol.